The second-order valence-corrected chi connectivity index (χ2v) is 7.24. The van der Waals surface area contributed by atoms with Crippen LogP contribution in [0.5, 0.6) is 0 Å². The third-order valence-electron chi connectivity index (χ3n) is 3.88. The first-order valence-corrected chi connectivity index (χ1v) is 8.91. The maximum Gasteiger partial charge on any atom is 0.319 e. The minimum absolute atomic E-state index is 0.340. The zero-order chi connectivity index (χ0) is 15.1. The van der Waals surface area contributed by atoms with Crippen LogP contribution in [0.4, 0.5) is 0 Å². The topological polar surface area (TPSA) is 57.6 Å². The lowest BCUT2D eigenvalue weighted by atomic mass is 10.1. The van der Waals surface area contributed by atoms with E-state index in [1.54, 1.807) is 0 Å². The molecule has 1 saturated heterocycles. The van der Waals surface area contributed by atoms with Gasteiger partial charge in [0.25, 0.3) is 0 Å². The van der Waals surface area contributed by atoms with Gasteiger partial charge in [0.1, 0.15) is 5.25 Å². The summed E-state index contributed by atoms with van der Waals surface area (Å²) in [5, 5.41) is 8.51. The van der Waals surface area contributed by atoms with Gasteiger partial charge in [-0.05, 0) is 50.9 Å². The Bertz CT molecular complexity index is 472. The average molecular weight is 309 g/mol. The van der Waals surface area contributed by atoms with Crippen LogP contribution in [0.3, 0.4) is 0 Å². The number of carbonyl (C=O) groups is 1. The smallest absolute Gasteiger partial charge is 0.319 e. The Kier molecular flexibility index (Phi) is 6.39. The van der Waals surface area contributed by atoms with E-state index >= 15 is 0 Å². The molecule has 0 aliphatic carbocycles. The van der Waals surface area contributed by atoms with Crippen molar-refractivity contribution in [2.45, 2.75) is 30.9 Å². The van der Waals surface area contributed by atoms with Gasteiger partial charge in [0, 0.05) is 16.6 Å². The number of hydrogen-bond acceptors (Lipinski definition) is 3. The van der Waals surface area contributed by atoms with Gasteiger partial charge in [-0.3, -0.25) is 9.00 Å². The van der Waals surface area contributed by atoms with Crippen molar-refractivity contribution in [2.24, 2.45) is 0 Å². The molecule has 0 aromatic heterocycles. The molecule has 0 spiro atoms. The van der Waals surface area contributed by atoms with Crippen LogP contribution < -0.4 is 0 Å². The number of aliphatic carboxylic acids is 1. The second-order valence-electron chi connectivity index (χ2n) is 5.50. The van der Waals surface area contributed by atoms with Crippen LogP contribution in [-0.2, 0) is 22.0 Å². The van der Waals surface area contributed by atoms with Gasteiger partial charge in [-0.15, -0.1) is 0 Å². The normalized spacial score (nSPS) is 18.5. The van der Waals surface area contributed by atoms with E-state index in [1.807, 2.05) is 30.3 Å². The van der Waals surface area contributed by atoms with Crippen molar-refractivity contribution in [1.29, 1.82) is 0 Å². The quantitative estimate of drug-likeness (QED) is 0.797. The van der Waals surface area contributed by atoms with Crippen molar-refractivity contribution in [3.8, 4) is 0 Å². The fourth-order valence-electron chi connectivity index (χ4n) is 2.70. The summed E-state index contributed by atoms with van der Waals surface area (Å²) in [7, 11) is -1.31. The Morgan fingerprint density at radius 2 is 1.90 bits per heavy atom. The van der Waals surface area contributed by atoms with E-state index in [2.05, 4.69) is 4.90 Å². The molecule has 21 heavy (non-hydrogen) atoms. The van der Waals surface area contributed by atoms with Gasteiger partial charge in [0.2, 0.25) is 0 Å². The van der Waals surface area contributed by atoms with Crippen molar-refractivity contribution in [2.75, 3.05) is 25.4 Å². The lowest BCUT2D eigenvalue weighted by molar-refractivity contribution is -0.136. The Hall–Kier alpha value is -1.20. The molecule has 1 fully saturated rings. The van der Waals surface area contributed by atoms with Gasteiger partial charge in [-0.1, -0.05) is 30.3 Å². The maximum atomic E-state index is 12.3. The predicted molar refractivity (Wildman–Crippen MR) is 84.9 cm³/mol. The second kappa shape index (κ2) is 8.29. The third kappa shape index (κ3) is 5.25. The fraction of sp³-hybridized carbons (Fsp3) is 0.562. The van der Waals surface area contributed by atoms with Crippen LogP contribution >= 0.6 is 0 Å². The first-order chi connectivity index (χ1) is 10.2. The largest absolute Gasteiger partial charge is 0.480 e. The molecule has 2 unspecified atom stereocenters. The number of carboxylic acid groups (broad SMARTS) is 1. The molecule has 0 radical (unpaired) electrons. The standard InChI is InChI=1S/C16H23NO3S/c18-16(19)15(13-14-7-2-1-3-8-14)21(20)12-6-11-17-9-4-5-10-17/h1-3,7-8,15H,4-6,9-13H2,(H,18,19). The molecular formula is C16H23NO3S. The third-order valence-corrected chi connectivity index (χ3v) is 5.57. The maximum absolute atomic E-state index is 12.3. The highest BCUT2D eigenvalue weighted by atomic mass is 32.2. The summed E-state index contributed by atoms with van der Waals surface area (Å²) in [6, 6.07) is 9.43. The molecule has 0 bridgehead atoms. The molecule has 1 N–H and O–H groups in total. The molecule has 5 heteroatoms. The van der Waals surface area contributed by atoms with Crippen LogP contribution in [-0.4, -0.2) is 50.8 Å². The average Bonchev–Trinajstić information content (AvgIpc) is 2.98. The minimum Gasteiger partial charge on any atom is -0.480 e. The van der Waals surface area contributed by atoms with Crippen molar-refractivity contribution < 1.29 is 14.1 Å². The lowest BCUT2D eigenvalue weighted by Crippen LogP contribution is -2.31. The molecule has 4 nitrogen and oxygen atoms in total. The SMILES string of the molecule is O=C(O)C(Cc1ccccc1)S(=O)CCCN1CCCC1. The van der Waals surface area contributed by atoms with E-state index < -0.39 is 22.0 Å². The molecule has 1 aromatic carbocycles. The van der Waals surface area contributed by atoms with Gasteiger partial charge in [0.05, 0.1) is 0 Å². The van der Waals surface area contributed by atoms with E-state index in [0.29, 0.717) is 12.2 Å². The van der Waals surface area contributed by atoms with Crippen LogP contribution in [0.1, 0.15) is 24.8 Å². The molecule has 2 atom stereocenters. The zero-order valence-electron chi connectivity index (χ0n) is 12.2. The van der Waals surface area contributed by atoms with E-state index in [0.717, 1.165) is 31.6 Å². The highest BCUT2D eigenvalue weighted by Gasteiger charge is 2.25. The van der Waals surface area contributed by atoms with Crippen LogP contribution in [0.2, 0.25) is 0 Å². The van der Waals surface area contributed by atoms with Gasteiger partial charge >= 0.3 is 5.97 Å². The lowest BCUT2D eigenvalue weighted by Gasteiger charge is -2.16. The molecule has 116 valence electrons. The van der Waals surface area contributed by atoms with Crippen LogP contribution in [0.15, 0.2) is 30.3 Å². The van der Waals surface area contributed by atoms with Gasteiger partial charge < -0.3 is 10.0 Å². The Morgan fingerprint density at radius 3 is 2.52 bits per heavy atom. The first-order valence-electron chi connectivity index (χ1n) is 7.53. The van der Waals surface area contributed by atoms with Gasteiger partial charge in [0.15, 0.2) is 0 Å². The molecule has 1 aromatic rings. The summed E-state index contributed by atoms with van der Waals surface area (Å²) in [6.45, 7) is 3.18. The van der Waals surface area contributed by atoms with E-state index in [9.17, 15) is 14.1 Å². The van der Waals surface area contributed by atoms with Crippen molar-refractivity contribution >= 4 is 16.8 Å². The number of rotatable bonds is 8. The van der Waals surface area contributed by atoms with Crippen LogP contribution in [0.25, 0.3) is 0 Å². The Balaban J connectivity index is 1.82. The minimum atomic E-state index is -1.31. The summed E-state index contributed by atoms with van der Waals surface area (Å²) in [4.78, 5) is 13.7. The van der Waals surface area contributed by atoms with Crippen molar-refractivity contribution in [3.05, 3.63) is 35.9 Å². The van der Waals surface area contributed by atoms with Crippen LogP contribution in [0, 0.1) is 0 Å². The summed E-state index contributed by atoms with van der Waals surface area (Å²) in [5.74, 6) is -0.487. The number of benzene rings is 1. The number of nitrogens with zero attached hydrogens (tertiary/aromatic N) is 1. The molecule has 1 aliphatic rings. The Morgan fingerprint density at radius 1 is 1.24 bits per heavy atom. The molecule has 1 aliphatic heterocycles. The summed E-state index contributed by atoms with van der Waals surface area (Å²) < 4.78 is 12.3. The van der Waals surface area contributed by atoms with Crippen molar-refractivity contribution in [3.63, 3.8) is 0 Å². The molecule has 2 rings (SSSR count). The summed E-state index contributed by atoms with van der Waals surface area (Å²) >= 11 is 0. The van der Waals surface area contributed by atoms with E-state index in [-0.39, 0.29) is 0 Å². The zero-order valence-corrected chi connectivity index (χ0v) is 13.1. The van der Waals surface area contributed by atoms with Gasteiger partial charge in [-0.25, -0.2) is 0 Å². The molecular weight excluding hydrogens is 286 g/mol. The molecule has 0 amide bonds. The first kappa shape index (κ1) is 16.2. The summed E-state index contributed by atoms with van der Waals surface area (Å²) in [5.41, 5.74) is 0.929. The van der Waals surface area contributed by atoms with Crippen molar-refractivity contribution in [1.82, 2.24) is 4.90 Å². The number of carboxylic acids is 1. The summed E-state index contributed by atoms with van der Waals surface area (Å²) in [6.07, 6.45) is 3.64. The molecule has 1 heterocycles. The van der Waals surface area contributed by atoms with E-state index in [4.69, 9.17) is 0 Å². The van der Waals surface area contributed by atoms with Gasteiger partial charge in [-0.2, -0.15) is 0 Å². The predicted octanol–water partition coefficient (Wildman–Crippen LogP) is 1.92. The Labute approximate surface area is 128 Å². The highest BCUT2D eigenvalue weighted by Crippen LogP contribution is 2.11. The molecule has 0 saturated carbocycles. The highest BCUT2D eigenvalue weighted by molar-refractivity contribution is 7.86. The number of likely N-dealkylation sites (tertiary alicyclic amines) is 1. The fourth-order valence-corrected chi connectivity index (χ4v) is 4.00. The van der Waals surface area contributed by atoms with E-state index in [1.165, 1.54) is 12.8 Å². The number of hydrogen-bond donors (Lipinski definition) is 1. The monoisotopic (exact) mass is 309 g/mol.